The average molecular weight is 220 g/mol. The Balaban J connectivity index is 1.77. The van der Waals surface area contributed by atoms with Gasteiger partial charge in [0.1, 0.15) is 5.69 Å². The van der Waals surface area contributed by atoms with Gasteiger partial charge in [-0.25, -0.2) is 0 Å². The van der Waals surface area contributed by atoms with Gasteiger partial charge in [-0.2, -0.15) is 5.10 Å². The van der Waals surface area contributed by atoms with Crippen molar-refractivity contribution >= 4 is 11.6 Å². The number of nitrogens with zero attached hydrogens (tertiary/aromatic N) is 2. The van der Waals surface area contributed by atoms with Crippen LogP contribution in [0.3, 0.4) is 0 Å². The van der Waals surface area contributed by atoms with Crippen molar-refractivity contribution in [3.63, 3.8) is 0 Å². The van der Waals surface area contributed by atoms with Crippen molar-refractivity contribution in [2.24, 2.45) is 5.92 Å². The highest BCUT2D eigenvalue weighted by atomic mass is 16.2. The molecule has 5 heteroatoms. The number of carbonyl (C=O) groups excluding carboxylic acids is 1. The van der Waals surface area contributed by atoms with E-state index >= 15 is 0 Å². The van der Waals surface area contributed by atoms with E-state index in [0.29, 0.717) is 23.3 Å². The number of amides is 1. The predicted octanol–water partition coefficient (Wildman–Crippen LogP) is 1.01. The fourth-order valence-electron chi connectivity index (χ4n) is 1.97. The van der Waals surface area contributed by atoms with Gasteiger partial charge in [0.15, 0.2) is 0 Å². The molecule has 2 saturated carbocycles. The summed E-state index contributed by atoms with van der Waals surface area (Å²) in [6.07, 6.45) is 6.28. The molecule has 16 heavy (non-hydrogen) atoms. The number of anilines is 1. The highest BCUT2D eigenvalue weighted by Crippen LogP contribution is 2.35. The van der Waals surface area contributed by atoms with Crippen LogP contribution in [0.25, 0.3) is 0 Å². The van der Waals surface area contributed by atoms with Gasteiger partial charge in [-0.3, -0.25) is 9.89 Å². The lowest BCUT2D eigenvalue weighted by Gasteiger charge is -2.21. The van der Waals surface area contributed by atoms with E-state index in [2.05, 4.69) is 10.2 Å². The Morgan fingerprint density at radius 2 is 2.25 bits per heavy atom. The van der Waals surface area contributed by atoms with Gasteiger partial charge < -0.3 is 10.6 Å². The van der Waals surface area contributed by atoms with Crippen LogP contribution in [0.5, 0.6) is 0 Å². The molecule has 3 rings (SSSR count). The van der Waals surface area contributed by atoms with Crippen molar-refractivity contribution < 1.29 is 4.79 Å². The zero-order chi connectivity index (χ0) is 11.1. The van der Waals surface area contributed by atoms with Crippen molar-refractivity contribution in [2.45, 2.75) is 31.7 Å². The largest absolute Gasteiger partial charge is 0.396 e. The van der Waals surface area contributed by atoms with E-state index < -0.39 is 0 Å². The molecule has 3 N–H and O–H groups in total. The number of aromatic amines is 1. The fourth-order valence-corrected chi connectivity index (χ4v) is 1.97. The lowest BCUT2D eigenvalue weighted by atomic mass is 10.3. The maximum atomic E-state index is 12.2. The molecule has 1 heterocycles. The molecule has 0 radical (unpaired) electrons. The summed E-state index contributed by atoms with van der Waals surface area (Å²) >= 11 is 0. The molecule has 0 spiro atoms. The van der Waals surface area contributed by atoms with Crippen LogP contribution in [0, 0.1) is 5.92 Å². The minimum atomic E-state index is 0.0180. The topological polar surface area (TPSA) is 75.0 Å². The van der Waals surface area contributed by atoms with Crippen LogP contribution in [0.2, 0.25) is 0 Å². The van der Waals surface area contributed by atoms with E-state index in [9.17, 15) is 4.79 Å². The van der Waals surface area contributed by atoms with E-state index in [0.717, 1.165) is 19.4 Å². The SMILES string of the molecule is Nc1cn[nH]c1C(=O)N(CC1CC1)C1CC1. The highest BCUT2D eigenvalue weighted by molar-refractivity contribution is 5.97. The Labute approximate surface area is 94.0 Å². The molecule has 5 nitrogen and oxygen atoms in total. The third-order valence-corrected chi connectivity index (χ3v) is 3.28. The lowest BCUT2D eigenvalue weighted by molar-refractivity contribution is 0.0730. The van der Waals surface area contributed by atoms with Gasteiger partial charge in [0.2, 0.25) is 0 Å². The molecule has 1 amide bonds. The summed E-state index contributed by atoms with van der Waals surface area (Å²) in [6.45, 7) is 0.891. The van der Waals surface area contributed by atoms with Gasteiger partial charge in [0.25, 0.3) is 5.91 Å². The summed E-state index contributed by atoms with van der Waals surface area (Å²) in [5.41, 5.74) is 6.61. The van der Waals surface area contributed by atoms with E-state index in [1.54, 1.807) is 0 Å². The number of nitrogens with one attached hydrogen (secondary N) is 1. The molecule has 2 aliphatic carbocycles. The van der Waals surface area contributed by atoms with Crippen LogP contribution < -0.4 is 5.73 Å². The van der Waals surface area contributed by atoms with Gasteiger partial charge in [-0.1, -0.05) is 0 Å². The third-order valence-electron chi connectivity index (χ3n) is 3.28. The lowest BCUT2D eigenvalue weighted by Crippen LogP contribution is -2.35. The second-order valence-electron chi connectivity index (χ2n) is 4.83. The number of hydrogen-bond donors (Lipinski definition) is 2. The Kier molecular flexibility index (Phi) is 2.12. The van der Waals surface area contributed by atoms with Gasteiger partial charge >= 0.3 is 0 Å². The maximum Gasteiger partial charge on any atom is 0.274 e. The molecule has 86 valence electrons. The molecule has 0 aliphatic heterocycles. The standard InChI is InChI=1S/C11H16N4O/c12-9-5-13-14-10(9)11(16)15(8-3-4-8)6-7-1-2-7/h5,7-8H,1-4,6,12H2,(H,13,14). The van der Waals surface area contributed by atoms with Crippen molar-refractivity contribution in [1.29, 1.82) is 0 Å². The molecule has 0 atom stereocenters. The van der Waals surface area contributed by atoms with Crippen LogP contribution in [0.15, 0.2) is 6.20 Å². The number of aromatic nitrogens is 2. The van der Waals surface area contributed by atoms with Gasteiger partial charge in [0, 0.05) is 12.6 Å². The number of carbonyl (C=O) groups is 1. The van der Waals surface area contributed by atoms with E-state index in [4.69, 9.17) is 5.73 Å². The van der Waals surface area contributed by atoms with Crippen molar-refractivity contribution in [3.05, 3.63) is 11.9 Å². The molecule has 0 aromatic carbocycles. The molecule has 0 unspecified atom stereocenters. The minimum Gasteiger partial charge on any atom is -0.396 e. The van der Waals surface area contributed by atoms with Crippen LogP contribution in [0.1, 0.15) is 36.2 Å². The highest BCUT2D eigenvalue weighted by Gasteiger charge is 2.37. The summed E-state index contributed by atoms with van der Waals surface area (Å²) in [5.74, 6) is 0.734. The second kappa shape index (κ2) is 3.50. The zero-order valence-corrected chi connectivity index (χ0v) is 9.15. The van der Waals surface area contributed by atoms with E-state index in [1.165, 1.54) is 19.0 Å². The first-order valence-corrected chi connectivity index (χ1v) is 5.85. The monoisotopic (exact) mass is 220 g/mol. The number of rotatable bonds is 4. The maximum absolute atomic E-state index is 12.2. The van der Waals surface area contributed by atoms with Crippen LogP contribution >= 0.6 is 0 Å². The van der Waals surface area contributed by atoms with Crippen molar-refractivity contribution in [1.82, 2.24) is 15.1 Å². The van der Waals surface area contributed by atoms with Crippen LogP contribution in [-0.2, 0) is 0 Å². The molecule has 0 saturated heterocycles. The summed E-state index contributed by atoms with van der Waals surface area (Å²) in [6, 6.07) is 0.441. The quantitative estimate of drug-likeness (QED) is 0.795. The van der Waals surface area contributed by atoms with E-state index in [1.807, 2.05) is 4.90 Å². The Hall–Kier alpha value is -1.52. The van der Waals surface area contributed by atoms with Crippen LogP contribution in [-0.4, -0.2) is 33.6 Å². The number of nitrogen functional groups attached to an aromatic ring is 1. The normalized spacial score (nSPS) is 19.8. The minimum absolute atomic E-state index is 0.0180. The Morgan fingerprint density at radius 3 is 2.75 bits per heavy atom. The molecular formula is C11H16N4O. The average Bonchev–Trinajstić information content (AvgIpc) is 3.14. The summed E-state index contributed by atoms with van der Waals surface area (Å²) < 4.78 is 0. The first-order valence-electron chi connectivity index (χ1n) is 5.85. The molecule has 2 fully saturated rings. The van der Waals surface area contributed by atoms with Crippen LogP contribution in [0.4, 0.5) is 5.69 Å². The van der Waals surface area contributed by atoms with Crippen molar-refractivity contribution in [3.8, 4) is 0 Å². The van der Waals surface area contributed by atoms with Gasteiger partial charge in [-0.05, 0) is 31.6 Å². The summed E-state index contributed by atoms with van der Waals surface area (Å²) in [5, 5.41) is 6.50. The first kappa shape index (κ1) is 9.69. The molecule has 2 aliphatic rings. The summed E-state index contributed by atoms with van der Waals surface area (Å²) in [4.78, 5) is 14.2. The summed E-state index contributed by atoms with van der Waals surface area (Å²) in [7, 11) is 0. The van der Waals surface area contributed by atoms with Gasteiger partial charge in [0.05, 0.1) is 11.9 Å². The predicted molar refractivity (Wildman–Crippen MR) is 59.8 cm³/mol. The third kappa shape index (κ3) is 1.77. The van der Waals surface area contributed by atoms with Crippen molar-refractivity contribution in [2.75, 3.05) is 12.3 Å². The zero-order valence-electron chi connectivity index (χ0n) is 9.15. The van der Waals surface area contributed by atoms with Gasteiger partial charge in [-0.15, -0.1) is 0 Å². The second-order valence-corrected chi connectivity index (χ2v) is 4.83. The smallest absolute Gasteiger partial charge is 0.274 e. The first-order chi connectivity index (χ1) is 7.75. The fraction of sp³-hybridized carbons (Fsp3) is 0.636. The van der Waals surface area contributed by atoms with E-state index in [-0.39, 0.29) is 5.91 Å². The Bertz CT molecular complexity index is 406. The molecule has 1 aromatic rings. The Morgan fingerprint density at radius 1 is 1.50 bits per heavy atom. The molecule has 1 aromatic heterocycles. The molecular weight excluding hydrogens is 204 g/mol. The number of nitrogens with two attached hydrogens (primary N) is 1. The number of H-pyrrole nitrogens is 1. The molecule has 0 bridgehead atoms. The number of hydrogen-bond acceptors (Lipinski definition) is 3.